The number of hydrogen-bond acceptors (Lipinski definition) is 4. The zero-order chi connectivity index (χ0) is 19.3. The van der Waals surface area contributed by atoms with Gasteiger partial charge in [0.1, 0.15) is 17.0 Å². The largest absolute Gasteiger partial charge is 0.497 e. The van der Waals surface area contributed by atoms with Crippen LogP contribution < -0.4 is 20.7 Å². The lowest BCUT2D eigenvalue weighted by Crippen LogP contribution is -2.38. The summed E-state index contributed by atoms with van der Waals surface area (Å²) in [5.41, 5.74) is 1.61. The van der Waals surface area contributed by atoms with Crippen LogP contribution in [0.5, 0.6) is 11.5 Å². The molecule has 7 heteroatoms. The Bertz CT molecular complexity index is 1290. The Hall–Kier alpha value is -3.48. The molecule has 4 aromatic rings. The number of aryl methyl sites for hydroxylation is 2. The summed E-state index contributed by atoms with van der Waals surface area (Å²) in [7, 11) is 6.64. The van der Waals surface area contributed by atoms with Crippen LogP contribution in [0, 0.1) is 0 Å². The Morgan fingerprint density at radius 1 is 0.778 bits per heavy atom. The van der Waals surface area contributed by atoms with Crippen molar-refractivity contribution in [2.45, 2.75) is 0 Å². The van der Waals surface area contributed by atoms with E-state index >= 15 is 0 Å². The summed E-state index contributed by atoms with van der Waals surface area (Å²) >= 11 is 0. The second-order valence-corrected chi connectivity index (χ2v) is 6.32. The highest BCUT2D eigenvalue weighted by Gasteiger charge is 2.19. The molecule has 2 heterocycles. The molecule has 0 amide bonds. The van der Waals surface area contributed by atoms with E-state index in [1.807, 2.05) is 29.8 Å². The summed E-state index contributed by atoms with van der Waals surface area (Å²) in [5, 5.41) is 0.797. The standard InChI is InChI=1S/C20H19N3O4/c1-21-16-10-9-14(27-4)11-15(16)17-18(21)19(24)23(20(25)22(17)2)12-5-7-13(26-3)8-6-12/h5-11H,1-4H3. The Kier molecular flexibility index (Phi) is 3.80. The second-order valence-electron chi connectivity index (χ2n) is 6.32. The van der Waals surface area contributed by atoms with Gasteiger partial charge in [-0.3, -0.25) is 9.36 Å². The first-order valence-corrected chi connectivity index (χ1v) is 8.40. The molecule has 0 atom stereocenters. The number of hydrogen-bond donors (Lipinski definition) is 0. The highest BCUT2D eigenvalue weighted by molar-refractivity contribution is 6.06. The fourth-order valence-corrected chi connectivity index (χ4v) is 3.51. The summed E-state index contributed by atoms with van der Waals surface area (Å²) < 4.78 is 15.0. The number of aromatic nitrogens is 3. The van der Waals surface area contributed by atoms with Crippen LogP contribution in [0.3, 0.4) is 0 Å². The van der Waals surface area contributed by atoms with Gasteiger partial charge in [-0.05, 0) is 42.5 Å². The maximum atomic E-state index is 13.3. The normalized spacial score (nSPS) is 11.3. The van der Waals surface area contributed by atoms with Crippen molar-refractivity contribution in [1.29, 1.82) is 0 Å². The molecule has 0 unspecified atom stereocenters. The van der Waals surface area contributed by atoms with Gasteiger partial charge in [0.25, 0.3) is 5.56 Å². The fourth-order valence-electron chi connectivity index (χ4n) is 3.51. The lowest BCUT2D eigenvalue weighted by Gasteiger charge is -2.10. The smallest absolute Gasteiger partial charge is 0.335 e. The van der Waals surface area contributed by atoms with Crippen LogP contribution >= 0.6 is 0 Å². The van der Waals surface area contributed by atoms with Crippen molar-refractivity contribution in [3.05, 3.63) is 63.3 Å². The molecule has 2 aromatic carbocycles. The van der Waals surface area contributed by atoms with Gasteiger partial charge >= 0.3 is 5.69 Å². The van der Waals surface area contributed by atoms with Crippen molar-refractivity contribution < 1.29 is 9.47 Å². The average Bonchev–Trinajstić information content (AvgIpc) is 2.99. The van der Waals surface area contributed by atoms with E-state index < -0.39 is 5.69 Å². The number of nitrogens with zero attached hydrogens (tertiary/aromatic N) is 3. The van der Waals surface area contributed by atoms with Gasteiger partial charge in [0.2, 0.25) is 0 Å². The molecular weight excluding hydrogens is 346 g/mol. The SMILES string of the molecule is COc1ccc(-n2c(=O)c3c(c4cc(OC)ccc4n3C)n(C)c2=O)cc1. The molecule has 0 fully saturated rings. The summed E-state index contributed by atoms with van der Waals surface area (Å²) in [6.07, 6.45) is 0. The summed E-state index contributed by atoms with van der Waals surface area (Å²) in [6.45, 7) is 0. The van der Waals surface area contributed by atoms with Gasteiger partial charge in [-0.25, -0.2) is 9.36 Å². The van der Waals surface area contributed by atoms with Crippen LogP contribution in [0.15, 0.2) is 52.1 Å². The Morgan fingerprint density at radius 3 is 2.04 bits per heavy atom. The van der Waals surface area contributed by atoms with Crippen LogP contribution in [-0.2, 0) is 14.1 Å². The minimum atomic E-state index is -0.409. The lowest BCUT2D eigenvalue weighted by atomic mass is 10.2. The minimum Gasteiger partial charge on any atom is -0.497 e. The third kappa shape index (κ3) is 2.35. The van der Waals surface area contributed by atoms with Gasteiger partial charge in [0.15, 0.2) is 0 Å². The molecule has 0 bridgehead atoms. The molecule has 0 saturated heterocycles. The second kappa shape index (κ2) is 6.05. The first-order chi connectivity index (χ1) is 13.0. The number of ether oxygens (including phenoxy) is 2. The number of benzene rings is 2. The number of rotatable bonds is 3. The molecule has 0 aliphatic rings. The average molecular weight is 365 g/mol. The van der Waals surface area contributed by atoms with Gasteiger partial charge in [-0.1, -0.05) is 0 Å². The Balaban J connectivity index is 2.14. The van der Waals surface area contributed by atoms with E-state index in [-0.39, 0.29) is 5.56 Å². The molecule has 4 rings (SSSR count). The van der Waals surface area contributed by atoms with Gasteiger partial charge < -0.3 is 14.0 Å². The van der Waals surface area contributed by atoms with Gasteiger partial charge in [0, 0.05) is 19.5 Å². The van der Waals surface area contributed by atoms with Gasteiger partial charge in [0.05, 0.1) is 30.9 Å². The van der Waals surface area contributed by atoms with E-state index in [1.165, 1.54) is 9.13 Å². The number of methoxy groups -OCH3 is 2. The zero-order valence-electron chi connectivity index (χ0n) is 15.5. The Labute approximate surface area is 154 Å². The summed E-state index contributed by atoms with van der Waals surface area (Å²) in [6, 6.07) is 12.4. The summed E-state index contributed by atoms with van der Waals surface area (Å²) in [5.74, 6) is 1.32. The van der Waals surface area contributed by atoms with Crippen LogP contribution in [-0.4, -0.2) is 27.9 Å². The first kappa shape index (κ1) is 17.0. The van der Waals surface area contributed by atoms with E-state index in [2.05, 4.69) is 0 Å². The molecule has 0 spiro atoms. The molecule has 138 valence electrons. The minimum absolute atomic E-state index is 0.365. The molecule has 0 aliphatic carbocycles. The predicted molar refractivity (Wildman–Crippen MR) is 104 cm³/mol. The maximum Gasteiger partial charge on any atom is 0.335 e. The van der Waals surface area contributed by atoms with Crippen molar-refractivity contribution in [2.75, 3.05) is 14.2 Å². The number of fused-ring (bicyclic) bond motifs is 3. The maximum absolute atomic E-state index is 13.3. The van der Waals surface area contributed by atoms with E-state index in [1.54, 1.807) is 45.5 Å². The monoisotopic (exact) mass is 365 g/mol. The predicted octanol–water partition coefficient (Wildman–Crippen LogP) is 2.20. The first-order valence-electron chi connectivity index (χ1n) is 8.40. The quantitative estimate of drug-likeness (QED) is 0.558. The van der Waals surface area contributed by atoms with E-state index in [4.69, 9.17) is 9.47 Å². The van der Waals surface area contributed by atoms with E-state index in [9.17, 15) is 9.59 Å². The molecule has 0 N–H and O–H groups in total. The molecule has 0 saturated carbocycles. The van der Waals surface area contributed by atoms with Crippen molar-refractivity contribution >= 4 is 21.9 Å². The Morgan fingerprint density at radius 2 is 1.41 bits per heavy atom. The van der Waals surface area contributed by atoms with Crippen LogP contribution in [0.4, 0.5) is 0 Å². The highest BCUT2D eigenvalue weighted by atomic mass is 16.5. The molecule has 2 aromatic heterocycles. The molecule has 0 radical (unpaired) electrons. The zero-order valence-corrected chi connectivity index (χ0v) is 15.5. The van der Waals surface area contributed by atoms with Crippen molar-refractivity contribution in [2.24, 2.45) is 14.1 Å². The van der Waals surface area contributed by atoms with E-state index in [0.29, 0.717) is 28.2 Å². The van der Waals surface area contributed by atoms with Crippen molar-refractivity contribution in [1.82, 2.24) is 13.7 Å². The van der Waals surface area contributed by atoms with Crippen LogP contribution in [0.1, 0.15) is 0 Å². The van der Waals surface area contributed by atoms with Crippen LogP contribution in [0.2, 0.25) is 0 Å². The topological polar surface area (TPSA) is 67.4 Å². The molecule has 0 aliphatic heterocycles. The summed E-state index contributed by atoms with van der Waals surface area (Å²) in [4.78, 5) is 26.3. The third-order valence-electron chi connectivity index (χ3n) is 4.93. The van der Waals surface area contributed by atoms with Crippen LogP contribution in [0.25, 0.3) is 27.6 Å². The van der Waals surface area contributed by atoms with Crippen molar-refractivity contribution in [3.8, 4) is 17.2 Å². The fraction of sp³-hybridized carbons (Fsp3) is 0.200. The molecular formula is C20H19N3O4. The molecule has 27 heavy (non-hydrogen) atoms. The van der Waals surface area contributed by atoms with Gasteiger partial charge in [-0.2, -0.15) is 0 Å². The molecule has 7 nitrogen and oxygen atoms in total. The van der Waals surface area contributed by atoms with Gasteiger partial charge in [-0.15, -0.1) is 0 Å². The lowest BCUT2D eigenvalue weighted by molar-refractivity contribution is 0.414. The third-order valence-corrected chi connectivity index (χ3v) is 4.93. The van der Waals surface area contributed by atoms with E-state index in [0.717, 1.165) is 10.9 Å². The highest BCUT2D eigenvalue weighted by Crippen LogP contribution is 2.28. The van der Waals surface area contributed by atoms with Crippen molar-refractivity contribution in [3.63, 3.8) is 0 Å².